The molecule has 0 aliphatic heterocycles. The molecule has 0 fully saturated rings. The molecular weight excluding hydrogens is 358 g/mol. The molecule has 0 bridgehead atoms. The van der Waals surface area contributed by atoms with Crippen LogP contribution in [0.4, 0.5) is 0 Å². The van der Waals surface area contributed by atoms with Gasteiger partial charge in [0.15, 0.2) is 5.82 Å². The van der Waals surface area contributed by atoms with E-state index in [9.17, 15) is 4.79 Å². The maximum Gasteiger partial charge on any atom is 0.274 e. The molecule has 0 spiro atoms. The van der Waals surface area contributed by atoms with Crippen molar-refractivity contribution in [2.45, 2.75) is 10.6 Å². The van der Waals surface area contributed by atoms with Crippen molar-refractivity contribution in [3.05, 3.63) is 75.9 Å². The number of H-pyrrole nitrogens is 1. The zero-order chi connectivity index (χ0) is 17.2. The summed E-state index contributed by atoms with van der Waals surface area (Å²) in [6.45, 7) is 0. The summed E-state index contributed by atoms with van der Waals surface area (Å²) in [5, 5.41) is 3.65. The van der Waals surface area contributed by atoms with Crippen LogP contribution in [0.1, 0.15) is 5.69 Å². The van der Waals surface area contributed by atoms with Gasteiger partial charge in [-0.15, -0.1) is 11.8 Å². The van der Waals surface area contributed by atoms with Gasteiger partial charge < -0.3 is 0 Å². The van der Waals surface area contributed by atoms with Gasteiger partial charge in [0.05, 0.1) is 5.69 Å². The van der Waals surface area contributed by atoms with E-state index < -0.39 is 0 Å². The average molecular weight is 370 g/mol. The second-order valence-electron chi connectivity index (χ2n) is 5.28. The summed E-state index contributed by atoms with van der Waals surface area (Å²) in [6.07, 6.45) is 3.36. The maximum atomic E-state index is 12.3. The molecule has 8 heteroatoms. The number of hydrogen-bond acceptors (Lipinski definition) is 5. The smallest absolute Gasteiger partial charge is 0.271 e. The predicted octanol–water partition coefficient (Wildman–Crippen LogP) is 3.43. The fourth-order valence-corrected chi connectivity index (χ4v) is 3.24. The Morgan fingerprint density at radius 3 is 2.76 bits per heavy atom. The predicted molar refractivity (Wildman–Crippen MR) is 97.9 cm³/mol. The lowest BCUT2D eigenvalue weighted by Crippen LogP contribution is -2.15. The van der Waals surface area contributed by atoms with Gasteiger partial charge in [-0.05, 0) is 36.4 Å². The number of fused-ring (bicyclic) bond motifs is 1. The van der Waals surface area contributed by atoms with Crippen LogP contribution in [0.15, 0.2) is 64.5 Å². The van der Waals surface area contributed by atoms with Crippen molar-refractivity contribution in [1.82, 2.24) is 24.6 Å². The molecule has 1 aromatic carbocycles. The zero-order valence-electron chi connectivity index (χ0n) is 12.9. The van der Waals surface area contributed by atoms with Crippen LogP contribution in [0, 0.1) is 0 Å². The number of aromatic nitrogens is 5. The summed E-state index contributed by atoms with van der Waals surface area (Å²) >= 11 is 7.47. The monoisotopic (exact) mass is 369 g/mol. The Morgan fingerprint density at radius 2 is 2.00 bits per heavy atom. The highest BCUT2D eigenvalue weighted by Crippen LogP contribution is 2.23. The lowest BCUT2D eigenvalue weighted by Gasteiger charge is -2.01. The molecule has 124 valence electrons. The Balaban J connectivity index is 1.62. The number of nitrogens with zero attached hydrogens (tertiary/aromatic N) is 4. The lowest BCUT2D eigenvalue weighted by molar-refractivity contribution is 0.890. The maximum absolute atomic E-state index is 12.3. The Hall–Kier alpha value is -2.64. The third kappa shape index (κ3) is 3.42. The van der Waals surface area contributed by atoms with Crippen molar-refractivity contribution < 1.29 is 0 Å². The number of halogens is 1. The minimum Gasteiger partial charge on any atom is -0.271 e. The standard InChI is InChI=1S/C17H12ClN5OS/c18-12-3-5-14(6-4-12)25-10-13-8-15(24)23-17(20-13)21-16(22-23)11-2-1-7-19-9-11/h1-9H,10H2,(H,20,21,22). The van der Waals surface area contributed by atoms with E-state index in [1.165, 1.54) is 10.6 Å². The molecular formula is C17H12ClN5OS. The van der Waals surface area contributed by atoms with Crippen molar-refractivity contribution in [3.63, 3.8) is 0 Å². The van der Waals surface area contributed by atoms with E-state index in [-0.39, 0.29) is 5.56 Å². The molecule has 3 heterocycles. The summed E-state index contributed by atoms with van der Waals surface area (Å²) in [5.41, 5.74) is 1.28. The van der Waals surface area contributed by atoms with Crippen LogP contribution < -0.4 is 5.56 Å². The minimum atomic E-state index is -0.195. The van der Waals surface area contributed by atoms with Crippen molar-refractivity contribution in [3.8, 4) is 11.4 Å². The Kier molecular flexibility index (Phi) is 4.25. The normalized spacial score (nSPS) is 11.1. The number of benzene rings is 1. The number of pyridine rings is 1. The molecule has 3 aromatic heterocycles. The molecule has 1 N–H and O–H groups in total. The number of thioether (sulfide) groups is 1. The summed E-state index contributed by atoms with van der Waals surface area (Å²) in [4.78, 5) is 26.3. The second kappa shape index (κ2) is 6.70. The first kappa shape index (κ1) is 15.9. The van der Waals surface area contributed by atoms with Gasteiger partial charge in [0, 0.05) is 39.7 Å². The van der Waals surface area contributed by atoms with E-state index in [0.29, 0.717) is 28.1 Å². The molecule has 4 aromatic rings. The first-order valence-electron chi connectivity index (χ1n) is 7.46. The molecule has 0 aliphatic carbocycles. The molecule has 0 radical (unpaired) electrons. The molecule has 0 amide bonds. The molecule has 25 heavy (non-hydrogen) atoms. The van der Waals surface area contributed by atoms with Gasteiger partial charge in [0.25, 0.3) is 11.3 Å². The van der Waals surface area contributed by atoms with Crippen LogP contribution in [0.5, 0.6) is 0 Å². The average Bonchev–Trinajstić information content (AvgIpc) is 3.07. The number of aromatic amines is 1. The van der Waals surface area contributed by atoms with Crippen LogP contribution in [-0.2, 0) is 5.75 Å². The van der Waals surface area contributed by atoms with Crippen molar-refractivity contribution >= 4 is 29.1 Å². The molecule has 4 rings (SSSR count). The highest BCUT2D eigenvalue weighted by molar-refractivity contribution is 7.98. The number of nitrogens with one attached hydrogen (secondary N) is 1. The fourth-order valence-electron chi connectivity index (χ4n) is 2.32. The van der Waals surface area contributed by atoms with Gasteiger partial charge in [-0.1, -0.05) is 11.6 Å². The molecule has 0 atom stereocenters. The van der Waals surface area contributed by atoms with Crippen LogP contribution in [0.2, 0.25) is 5.02 Å². The van der Waals surface area contributed by atoms with E-state index in [4.69, 9.17) is 11.6 Å². The third-order valence-electron chi connectivity index (χ3n) is 3.52. The van der Waals surface area contributed by atoms with E-state index >= 15 is 0 Å². The van der Waals surface area contributed by atoms with E-state index in [1.54, 1.807) is 24.2 Å². The largest absolute Gasteiger partial charge is 0.274 e. The van der Waals surface area contributed by atoms with E-state index in [2.05, 4.69) is 20.1 Å². The zero-order valence-corrected chi connectivity index (χ0v) is 14.5. The Bertz CT molecular complexity index is 1080. The quantitative estimate of drug-likeness (QED) is 0.558. The van der Waals surface area contributed by atoms with Crippen LogP contribution in [-0.4, -0.2) is 24.6 Å². The molecule has 0 saturated heterocycles. The van der Waals surface area contributed by atoms with Gasteiger partial charge in [0.1, 0.15) is 0 Å². The summed E-state index contributed by atoms with van der Waals surface area (Å²) in [7, 11) is 0. The summed E-state index contributed by atoms with van der Waals surface area (Å²) < 4.78 is 1.33. The lowest BCUT2D eigenvalue weighted by atomic mass is 10.3. The number of rotatable bonds is 4. The molecule has 0 unspecified atom stereocenters. The third-order valence-corrected chi connectivity index (χ3v) is 4.82. The summed E-state index contributed by atoms with van der Waals surface area (Å²) in [5.74, 6) is 1.47. The van der Waals surface area contributed by atoms with Crippen molar-refractivity contribution in [1.29, 1.82) is 0 Å². The van der Waals surface area contributed by atoms with E-state index in [0.717, 1.165) is 10.5 Å². The van der Waals surface area contributed by atoms with Gasteiger partial charge >= 0.3 is 0 Å². The van der Waals surface area contributed by atoms with Crippen LogP contribution in [0.3, 0.4) is 0 Å². The highest BCUT2D eigenvalue weighted by Gasteiger charge is 2.10. The topological polar surface area (TPSA) is 75.9 Å². The summed E-state index contributed by atoms with van der Waals surface area (Å²) in [6, 6.07) is 12.7. The molecule has 6 nitrogen and oxygen atoms in total. The van der Waals surface area contributed by atoms with E-state index in [1.807, 2.05) is 36.4 Å². The first-order chi connectivity index (χ1) is 12.2. The van der Waals surface area contributed by atoms with Gasteiger partial charge in [-0.3, -0.25) is 14.9 Å². The number of hydrogen-bond donors (Lipinski definition) is 1. The van der Waals surface area contributed by atoms with Crippen molar-refractivity contribution in [2.75, 3.05) is 0 Å². The highest BCUT2D eigenvalue weighted by atomic mass is 35.5. The first-order valence-corrected chi connectivity index (χ1v) is 8.83. The Morgan fingerprint density at radius 1 is 1.16 bits per heavy atom. The van der Waals surface area contributed by atoms with Gasteiger partial charge in [-0.2, -0.15) is 9.50 Å². The van der Waals surface area contributed by atoms with Crippen LogP contribution >= 0.6 is 23.4 Å². The molecule has 0 saturated carbocycles. The van der Waals surface area contributed by atoms with Crippen molar-refractivity contribution in [2.24, 2.45) is 0 Å². The second-order valence-corrected chi connectivity index (χ2v) is 6.76. The van der Waals surface area contributed by atoms with Crippen LogP contribution in [0.25, 0.3) is 17.2 Å². The van der Waals surface area contributed by atoms with Gasteiger partial charge in [0.2, 0.25) is 0 Å². The molecule has 0 aliphatic rings. The SMILES string of the molecule is O=c1cc(CSc2ccc(Cl)cc2)nc2nc(-c3cccnc3)[nH]n12. The Labute approximate surface area is 151 Å². The van der Waals surface area contributed by atoms with Gasteiger partial charge in [-0.25, -0.2) is 4.98 Å². The minimum absolute atomic E-state index is 0.195. The fraction of sp³-hybridized carbons (Fsp3) is 0.0588.